The first-order valence-electron chi connectivity index (χ1n) is 5.02. The van der Waals surface area contributed by atoms with Gasteiger partial charge >= 0.3 is 12.1 Å². The first-order chi connectivity index (χ1) is 9.31. The molecule has 0 N–H and O–H groups in total. The van der Waals surface area contributed by atoms with Crippen molar-refractivity contribution in [1.82, 2.24) is 0 Å². The zero-order chi connectivity index (χ0) is 15.3. The van der Waals surface area contributed by atoms with E-state index in [1.165, 1.54) is 0 Å². The summed E-state index contributed by atoms with van der Waals surface area (Å²) in [5, 5.41) is 2.92. The topological polar surface area (TPSA) is 75.1 Å². The normalized spacial score (nSPS) is 11.8. The minimum Gasteiger partial charge on any atom is -0.466 e. The van der Waals surface area contributed by atoms with E-state index in [4.69, 9.17) is 5.53 Å². The summed E-state index contributed by atoms with van der Waals surface area (Å²) in [5.41, 5.74) is 5.33. The Bertz CT molecular complexity index is 604. The van der Waals surface area contributed by atoms with Crippen molar-refractivity contribution in [1.29, 1.82) is 0 Å². The number of carbonyl (C=O) groups excluding carboxylic acids is 1. The number of azide groups is 1. The van der Waals surface area contributed by atoms with Crippen molar-refractivity contribution >= 4 is 12.0 Å². The van der Waals surface area contributed by atoms with Gasteiger partial charge in [0, 0.05) is 4.91 Å². The number of methoxy groups -OCH3 is 1. The van der Waals surface area contributed by atoms with E-state index in [0.29, 0.717) is 12.1 Å². The lowest BCUT2D eigenvalue weighted by molar-refractivity contribution is -0.140. The average molecular weight is 289 g/mol. The number of ether oxygens (including phenoxy) is 1. The molecule has 0 radical (unpaired) electrons. The van der Waals surface area contributed by atoms with Gasteiger partial charge in [0.05, 0.1) is 12.7 Å². The second-order valence-corrected chi connectivity index (χ2v) is 3.41. The summed E-state index contributed by atoms with van der Waals surface area (Å²) in [6.45, 7) is 0. The third kappa shape index (κ3) is 3.48. The lowest BCUT2D eigenvalue weighted by Gasteiger charge is -2.11. The van der Waals surface area contributed by atoms with Crippen molar-refractivity contribution in [3.8, 4) is 0 Å². The molecule has 5 nitrogen and oxygen atoms in total. The van der Waals surface area contributed by atoms with Crippen molar-refractivity contribution in [2.24, 2.45) is 5.11 Å². The van der Waals surface area contributed by atoms with Gasteiger partial charge in [-0.15, -0.1) is 0 Å². The van der Waals surface area contributed by atoms with Gasteiger partial charge in [-0.1, -0.05) is 17.2 Å². The van der Waals surface area contributed by atoms with E-state index < -0.39 is 34.8 Å². The SMILES string of the molecule is COC(=O)/C(=C/c1cccc(F)c1C(F)(F)F)N=[N+]=[N-]. The van der Waals surface area contributed by atoms with E-state index in [1.807, 2.05) is 0 Å². The molecule has 106 valence electrons. The van der Waals surface area contributed by atoms with Gasteiger partial charge in [0.25, 0.3) is 0 Å². The van der Waals surface area contributed by atoms with Crippen LogP contribution in [0, 0.1) is 5.82 Å². The van der Waals surface area contributed by atoms with E-state index in [1.54, 1.807) is 0 Å². The molecule has 0 heterocycles. The van der Waals surface area contributed by atoms with Crippen molar-refractivity contribution in [2.75, 3.05) is 7.11 Å². The fraction of sp³-hybridized carbons (Fsp3) is 0.182. The number of esters is 1. The Balaban J connectivity index is 3.50. The molecule has 1 rings (SSSR count). The molecule has 0 atom stereocenters. The zero-order valence-electron chi connectivity index (χ0n) is 9.98. The summed E-state index contributed by atoms with van der Waals surface area (Å²) < 4.78 is 55.8. The van der Waals surface area contributed by atoms with E-state index >= 15 is 0 Å². The van der Waals surface area contributed by atoms with E-state index in [9.17, 15) is 22.4 Å². The molecule has 0 saturated heterocycles. The van der Waals surface area contributed by atoms with Crippen LogP contribution in [0.4, 0.5) is 17.6 Å². The maximum absolute atomic E-state index is 13.3. The third-order valence-corrected chi connectivity index (χ3v) is 2.17. The van der Waals surface area contributed by atoms with Crippen LogP contribution in [0.15, 0.2) is 29.0 Å². The van der Waals surface area contributed by atoms with E-state index in [2.05, 4.69) is 14.8 Å². The van der Waals surface area contributed by atoms with Gasteiger partial charge in [0.1, 0.15) is 11.5 Å². The second kappa shape index (κ2) is 6.07. The Morgan fingerprint density at radius 1 is 1.45 bits per heavy atom. The molecule has 0 aliphatic rings. The van der Waals surface area contributed by atoms with Crippen LogP contribution in [0.5, 0.6) is 0 Å². The first kappa shape index (κ1) is 15.5. The van der Waals surface area contributed by atoms with Crippen molar-refractivity contribution in [3.63, 3.8) is 0 Å². The number of nitrogens with zero attached hydrogens (tertiary/aromatic N) is 3. The molecule has 0 aromatic heterocycles. The summed E-state index contributed by atoms with van der Waals surface area (Å²) in [6.07, 6.45) is -4.35. The maximum Gasteiger partial charge on any atom is 0.419 e. The number of carbonyl (C=O) groups is 1. The lowest BCUT2D eigenvalue weighted by Crippen LogP contribution is -2.11. The summed E-state index contributed by atoms with van der Waals surface area (Å²) in [4.78, 5) is 13.5. The molecule has 0 bridgehead atoms. The number of hydrogen-bond acceptors (Lipinski definition) is 3. The molecule has 0 aliphatic heterocycles. The van der Waals surface area contributed by atoms with Crippen LogP contribution < -0.4 is 0 Å². The predicted molar refractivity (Wildman–Crippen MR) is 60.5 cm³/mol. The molecule has 0 fully saturated rings. The molecule has 1 aromatic carbocycles. The maximum atomic E-state index is 13.3. The van der Waals surface area contributed by atoms with Crippen LogP contribution in [0.2, 0.25) is 0 Å². The first-order valence-corrected chi connectivity index (χ1v) is 5.02. The van der Waals surface area contributed by atoms with Gasteiger partial charge in [-0.05, 0) is 23.2 Å². The van der Waals surface area contributed by atoms with Crippen LogP contribution >= 0.6 is 0 Å². The highest BCUT2D eigenvalue weighted by molar-refractivity contribution is 5.93. The fourth-order valence-corrected chi connectivity index (χ4v) is 1.39. The average Bonchev–Trinajstić information content (AvgIpc) is 2.35. The molecule has 0 spiro atoms. The molecular weight excluding hydrogens is 282 g/mol. The number of benzene rings is 1. The van der Waals surface area contributed by atoms with E-state index in [-0.39, 0.29) is 0 Å². The molecular formula is C11H7F4N3O2. The predicted octanol–water partition coefficient (Wildman–Crippen LogP) is 3.67. The van der Waals surface area contributed by atoms with E-state index in [0.717, 1.165) is 19.2 Å². The fourth-order valence-electron chi connectivity index (χ4n) is 1.39. The largest absolute Gasteiger partial charge is 0.466 e. The summed E-state index contributed by atoms with van der Waals surface area (Å²) in [5.74, 6) is -2.64. The third-order valence-electron chi connectivity index (χ3n) is 2.17. The molecule has 20 heavy (non-hydrogen) atoms. The van der Waals surface area contributed by atoms with Crippen molar-refractivity contribution in [2.45, 2.75) is 6.18 Å². The monoisotopic (exact) mass is 289 g/mol. The minimum atomic E-state index is -4.96. The van der Waals surface area contributed by atoms with Crippen LogP contribution in [0.25, 0.3) is 16.5 Å². The minimum absolute atomic E-state index is 0.609. The quantitative estimate of drug-likeness (QED) is 0.212. The second-order valence-electron chi connectivity index (χ2n) is 3.41. The molecule has 0 unspecified atom stereocenters. The highest BCUT2D eigenvalue weighted by Crippen LogP contribution is 2.35. The van der Waals surface area contributed by atoms with Crippen LogP contribution in [-0.4, -0.2) is 13.1 Å². The van der Waals surface area contributed by atoms with Gasteiger partial charge in [-0.25, -0.2) is 9.18 Å². The molecule has 1 aromatic rings. The highest BCUT2D eigenvalue weighted by atomic mass is 19.4. The molecule has 0 saturated carbocycles. The number of hydrogen-bond donors (Lipinski definition) is 0. The Kier molecular flexibility index (Phi) is 4.71. The summed E-state index contributed by atoms with van der Waals surface area (Å²) in [7, 11) is 0.958. The Hall–Kier alpha value is -2.54. The molecule has 0 aliphatic carbocycles. The molecule has 0 amide bonds. The van der Waals surface area contributed by atoms with Crippen LogP contribution in [0.3, 0.4) is 0 Å². The van der Waals surface area contributed by atoms with Gasteiger partial charge < -0.3 is 4.74 Å². The van der Waals surface area contributed by atoms with Crippen molar-refractivity contribution < 1.29 is 27.1 Å². The molecule has 9 heteroatoms. The van der Waals surface area contributed by atoms with Gasteiger partial charge in [0.15, 0.2) is 0 Å². The zero-order valence-corrected chi connectivity index (χ0v) is 9.98. The van der Waals surface area contributed by atoms with Gasteiger partial charge in [-0.3, -0.25) is 0 Å². The highest BCUT2D eigenvalue weighted by Gasteiger charge is 2.36. The Morgan fingerprint density at radius 3 is 2.60 bits per heavy atom. The number of rotatable bonds is 3. The number of halogens is 4. The van der Waals surface area contributed by atoms with Gasteiger partial charge in [0.2, 0.25) is 0 Å². The Labute approximate surface area is 110 Å². The van der Waals surface area contributed by atoms with Crippen LogP contribution in [-0.2, 0) is 15.7 Å². The van der Waals surface area contributed by atoms with Crippen LogP contribution in [0.1, 0.15) is 11.1 Å². The summed E-state index contributed by atoms with van der Waals surface area (Å²) in [6, 6.07) is 2.59. The van der Waals surface area contributed by atoms with Gasteiger partial charge in [-0.2, -0.15) is 13.2 Å². The smallest absolute Gasteiger partial charge is 0.419 e. The Morgan fingerprint density at radius 2 is 2.10 bits per heavy atom. The summed E-state index contributed by atoms with van der Waals surface area (Å²) >= 11 is 0. The standard InChI is InChI=1S/C11H7F4N3O2/c1-20-10(19)8(17-18-16)5-6-3-2-4-7(12)9(6)11(13,14)15/h2-5H,1H3/b8-5-. The van der Waals surface area contributed by atoms with Crippen molar-refractivity contribution in [3.05, 3.63) is 51.3 Å². The lowest BCUT2D eigenvalue weighted by atomic mass is 10.1. The number of alkyl halides is 3.